The normalized spacial score (nSPS) is 10.5. The topological polar surface area (TPSA) is 117 Å². The maximum Gasteiger partial charge on any atom is 0.239 e. The molecule has 0 aliphatic heterocycles. The number of anilines is 1. The average Bonchev–Trinajstić information content (AvgIpc) is 3.02. The third kappa shape index (κ3) is 6.07. The van der Waals surface area contributed by atoms with Crippen molar-refractivity contribution in [3.63, 3.8) is 0 Å². The molecular weight excluding hydrogens is 347 g/mol. The van der Waals surface area contributed by atoms with E-state index in [1.807, 2.05) is 0 Å². The van der Waals surface area contributed by atoms with Crippen LogP contribution in [-0.4, -0.2) is 50.7 Å². The standard InChI is InChI=1S/C15H19FN6O2S/c1-2-22(13(24)9-25-15-19-14(17)20-21-15)8-12(23)18-7-10-3-5-11(16)6-4-10/h3-6H,2,7-9H2,1H3,(H,18,23)(H3,17,19,20,21). The molecule has 2 rings (SSSR count). The van der Waals surface area contributed by atoms with E-state index < -0.39 is 0 Å². The first-order chi connectivity index (χ1) is 12.0. The van der Waals surface area contributed by atoms with E-state index in [0.29, 0.717) is 11.7 Å². The molecule has 10 heteroatoms. The maximum atomic E-state index is 12.8. The summed E-state index contributed by atoms with van der Waals surface area (Å²) in [5, 5.41) is 9.40. The van der Waals surface area contributed by atoms with Gasteiger partial charge >= 0.3 is 0 Å². The number of nitrogens with two attached hydrogens (primary N) is 1. The van der Waals surface area contributed by atoms with Crippen LogP contribution in [0.1, 0.15) is 12.5 Å². The summed E-state index contributed by atoms with van der Waals surface area (Å²) in [7, 11) is 0. The smallest absolute Gasteiger partial charge is 0.239 e. The van der Waals surface area contributed by atoms with Crippen molar-refractivity contribution >= 4 is 29.5 Å². The molecule has 0 unspecified atom stereocenters. The lowest BCUT2D eigenvalue weighted by Crippen LogP contribution is -2.41. The van der Waals surface area contributed by atoms with Crippen molar-refractivity contribution in [2.24, 2.45) is 0 Å². The first kappa shape index (κ1) is 18.7. The highest BCUT2D eigenvalue weighted by Crippen LogP contribution is 2.13. The summed E-state index contributed by atoms with van der Waals surface area (Å²) in [5.74, 6) is -0.526. The van der Waals surface area contributed by atoms with Gasteiger partial charge in [-0.15, -0.1) is 5.10 Å². The number of aromatic nitrogens is 3. The van der Waals surface area contributed by atoms with Crippen LogP contribution in [0, 0.1) is 5.82 Å². The number of hydrogen-bond acceptors (Lipinski definition) is 6. The van der Waals surface area contributed by atoms with Gasteiger partial charge in [-0.25, -0.2) is 9.49 Å². The predicted octanol–water partition coefficient (Wildman–Crippen LogP) is 0.783. The van der Waals surface area contributed by atoms with Crippen molar-refractivity contribution in [3.8, 4) is 0 Å². The summed E-state index contributed by atoms with van der Waals surface area (Å²) in [4.78, 5) is 29.5. The number of likely N-dealkylation sites (N-methyl/N-ethyl adjacent to an activating group) is 1. The first-order valence-electron chi connectivity index (χ1n) is 7.57. The highest BCUT2D eigenvalue weighted by atomic mass is 32.2. The van der Waals surface area contributed by atoms with Crippen LogP contribution < -0.4 is 11.1 Å². The Hall–Kier alpha value is -2.62. The number of nitrogen functional groups attached to an aromatic ring is 1. The third-order valence-corrected chi connectivity index (χ3v) is 4.11. The number of hydrogen-bond donors (Lipinski definition) is 3. The minimum absolute atomic E-state index is 0.0484. The minimum atomic E-state index is -0.330. The quantitative estimate of drug-likeness (QED) is 0.595. The molecule has 1 aromatic carbocycles. The largest absolute Gasteiger partial charge is 0.368 e. The number of rotatable bonds is 8. The molecule has 0 saturated heterocycles. The van der Waals surface area contributed by atoms with Crippen LogP contribution in [0.5, 0.6) is 0 Å². The number of carbonyl (C=O) groups is 2. The van der Waals surface area contributed by atoms with Crippen molar-refractivity contribution in [3.05, 3.63) is 35.6 Å². The minimum Gasteiger partial charge on any atom is -0.368 e. The van der Waals surface area contributed by atoms with Crippen LogP contribution in [0.4, 0.5) is 10.3 Å². The van der Waals surface area contributed by atoms with Gasteiger partial charge in [-0.3, -0.25) is 9.59 Å². The van der Waals surface area contributed by atoms with Gasteiger partial charge in [-0.05, 0) is 24.6 Å². The van der Waals surface area contributed by atoms with Crippen molar-refractivity contribution in [2.75, 3.05) is 24.6 Å². The second-order valence-electron chi connectivity index (χ2n) is 5.10. The lowest BCUT2D eigenvalue weighted by Gasteiger charge is -2.20. The fraction of sp³-hybridized carbons (Fsp3) is 0.333. The lowest BCUT2D eigenvalue weighted by molar-refractivity contribution is -0.133. The summed E-state index contributed by atoms with van der Waals surface area (Å²) in [6.45, 7) is 2.42. The number of nitrogens with zero attached hydrogens (tertiary/aromatic N) is 3. The fourth-order valence-corrected chi connectivity index (χ4v) is 2.66. The molecule has 0 fully saturated rings. The molecule has 0 bridgehead atoms. The molecule has 134 valence electrons. The predicted molar refractivity (Wildman–Crippen MR) is 92.0 cm³/mol. The second kappa shape index (κ2) is 9.02. The van der Waals surface area contributed by atoms with Gasteiger partial charge in [-0.2, -0.15) is 4.98 Å². The van der Waals surface area contributed by atoms with Crippen LogP contribution in [0.3, 0.4) is 0 Å². The Morgan fingerprint density at radius 3 is 2.68 bits per heavy atom. The number of nitrogens with one attached hydrogen (secondary N) is 2. The van der Waals surface area contributed by atoms with Gasteiger partial charge in [0.15, 0.2) is 0 Å². The van der Waals surface area contributed by atoms with Crippen LogP contribution in [-0.2, 0) is 16.1 Å². The number of aromatic amines is 1. The van der Waals surface area contributed by atoms with Gasteiger partial charge < -0.3 is 16.0 Å². The number of thioether (sulfide) groups is 1. The zero-order valence-electron chi connectivity index (χ0n) is 13.7. The number of benzene rings is 1. The van der Waals surface area contributed by atoms with Crippen LogP contribution in [0.2, 0.25) is 0 Å². The average molecular weight is 366 g/mol. The molecule has 25 heavy (non-hydrogen) atoms. The molecule has 2 amide bonds. The van der Waals surface area contributed by atoms with Gasteiger partial charge in [0, 0.05) is 13.1 Å². The number of H-pyrrole nitrogens is 1. The van der Waals surface area contributed by atoms with Gasteiger partial charge in [-0.1, -0.05) is 23.9 Å². The van der Waals surface area contributed by atoms with Crippen LogP contribution in [0.15, 0.2) is 29.4 Å². The molecule has 0 radical (unpaired) electrons. The lowest BCUT2D eigenvalue weighted by atomic mass is 10.2. The van der Waals surface area contributed by atoms with E-state index in [1.165, 1.54) is 17.0 Å². The van der Waals surface area contributed by atoms with Gasteiger partial charge in [0.05, 0.1) is 12.3 Å². The fourth-order valence-electron chi connectivity index (χ4n) is 1.95. The summed E-state index contributed by atoms with van der Waals surface area (Å²) in [6, 6.07) is 5.85. The Morgan fingerprint density at radius 2 is 2.08 bits per heavy atom. The molecule has 0 spiro atoms. The second-order valence-corrected chi connectivity index (χ2v) is 6.05. The van der Waals surface area contributed by atoms with E-state index in [1.54, 1.807) is 19.1 Å². The van der Waals surface area contributed by atoms with E-state index >= 15 is 0 Å². The zero-order chi connectivity index (χ0) is 18.2. The maximum absolute atomic E-state index is 12.8. The van der Waals surface area contributed by atoms with Gasteiger partial charge in [0.2, 0.25) is 22.9 Å². The Labute approximate surface area is 148 Å². The van der Waals surface area contributed by atoms with Crippen molar-refractivity contribution in [2.45, 2.75) is 18.6 Å². The Balaban J connectivity index is 1.77. The van der Waals surface area contributed by atoms with E-state index in [9.17, 15) is 14.0 Å². The molecule has 4 N–H and O–H groups in total. The van der Waals surface area contributed by atoms with Crippen molar-refractivity contribution < 1.29 is 14.0 Å². The van der Waals surface area contributed by atoms with Crippen molar-refractivity contribution in [1.29, 1.82) is 0 Å². The molecule has 1 aromatic heterocycles. The molecule has 0 saturated carbocycles. The highest BCUT2D eigenvalue weighted by Gasteiger charge is 2.16. The Morgan fingerprint density at radius 1 is 1.36 bits per heavy atom. The summed E-state index contributed by atoms with van der Waals surface area (Å²) < 4.78 is 12.8. The molecule has 0 aliphatic carbocycles. The third-order valence-electron chi connectivity index (χ3n) is 3.28. The highest BCUT2D eigenvalue weighted by molar-refractivity contribution is 7.99. The first-order valence-corrected chi connectivity index (χ1v) is 8.56. The molecular formula is C15H19FN6O2S. The molecule has 2 aromatic rings. The number of carbonyl (C=O) groups excluding carboxylic acids is 2. The number of halogens is 1. The SMILES string of the molecule is CCN(CC(=O)NCc1ccc(F)cc1)C(=O)CSc1n[nH]c(N)n1. The summed E-state index contributed by atoms with van der Waals surface area (Å²) in [6.07, 6.45) is 0. The summed E-state index contributed by atoms with van der Waals surface area (Å²) >= 11 is 1.14. The Kier molecular flexibility index (Phi) is 6.75. The van der Waals surface area contributed by atoms with E-state index in [0.717, 1.165) is 17.3 Å². The van der Waals surface area contributed by atoms with Gasteiger partial charge in [0.1, 0.15) is 5.82 Å². The Bertz CT molecular complexity index is 721. The van der Waals surface area contributed by atoms with E-state index in [2.05, 4.69) is 20.5 Å². The zero-order valence-corrected chi connectivity index (χ0v) is 14.5. The monoisotopic (exact) mass is 366 g/mol. The molecule has 1 heterocycles. The number of amides is 2. The van der Waals surface area contributed by atoms with Crippen molar-refractivity contribution in [1.82, 2.24) is 25.4 Å². The molecule has 8 nitrogen and oxygen atoms in total. The summed E-state index contributed by atoms with van der Waals surface area (Å²) in [5.41, 5.74) is 6.19. The van der Waals surface area contributed by atoms with Crippen LogP contribution in [0.25, 0.3) is 0 Å². The van der Waals surface area contributed by atoms with Crippen LogP contribution >= 0.6 is 11.8 Å². The molecule has 0 atom stereocenters. The molecule has 0 aliphatic rings. The van der Waals surface area contributed by atoms with E-state index in [4.69, 9.17) is 5.73 Å². The van der Waals surface area contributed by atoms with Gasteiger partial charge in [0.25, 0.3) is 0 Å². The van der Waals surface area contributed by atoms with E-state index in [-0.39, 0.29) is 42.4 Å².